The summed E-state index contributed by atoms with van der Waals surface area (Å²) in [6.45, 7) is 6.73. The highest BCUT2D eigenvalue weighted by atomic mass is 16.5. The number of carbonyl (C=O) groups excluding carboxylic acids is 2. The topological polar surface area (TPSA) is 43.4 Å². The Kier molecular flexibility index (Phi) is 27.0. The number of Topliss-reactive ketones (excluding diaryl/α,β-unsaturated/α-hetero) is 1. The van der Waals surface area contributed by atoms with E-state index >= 15 is 0 Å². The smallest absolute Gasteiger partial charge is 0.306 e. The second-order valence-corrected chi connectivity index (χ2v) is 10.8. The van der Waals surface area contributed by atoms with E-state index < -0.39 is 0 Å². The Morgan fingerprint density at radius 3 is 1.23 bits per heavy atom. The van der Waals surface area contributed by atoms with E-state index in [0.717, 1.165) is 57.8 Å². The largest absolute Gasteiger partial charge is 0.462 e. The molecule has 0 aromatic rings. The molecule has 208 valence electrons. The van der Waals surface area contributed by atoms with Crippen LogP contribution in [0.3, 0.4) is 0 Å². The van der Waals surface area contributed by atoms with Gasteiger partial charge in [0.2, 0.25) is 0 Å². The van der Waals surface area contributed by atoms with Gasteiger partial charge in [0.1, 0.15) is 11.9 Å². The molecule has 0 heterocycles. The molecule has 0 aromatic heterocycles. The van der Waals surface area contributed by atoms with E-state index in [4.69, 9.17) is 4.74 Å². The van der Waals surface area contributed by atoms with Crippen molar-refractivity contribution in [1.82, 2.24) is 0 Å². The SMILES string of the molecule is CCCCCCCCC(CCCCCCCC)OC(=O)CCCCCCC(=O)CCCCCCC. The molecule has 0 saturated heterocycles. The molecule has 3 heteroatoms. The molecule has 0 aromatic carbocycles. The zero-order valence-electron chi connectivity index (χ0n) is 24.2. The van der Waals surface area contributed by atoms with E-state index in [1.54, 1.807) is 0 Å². The van der Waals surface area contributed by atoms with Crippen LogP contribution in [-0.2, 0) is 14.3 Å². The van der Waals surface area contributed by atoms with Gasteiger partial charge in [0.25, 0.3) is 0 Å². The van der Waals surface area contributed by atoms with Crippen LogP contribution in [0.4, 0.5) is 0 Å². The molecule has 0 spiro atoms. The molecule has 0 fully saturated rings. The Hall–Kier alpha value is -0.860. The summed E-state index contributed by atoms with van der Waals surface area (Å²) in [7, 11) is 0. The van der Waals surface area contributed by atoms with E-state index in [-0.39, 0.29) is 12.1 Å². The van der Waals surface area contributed by atoms with Crippen LogP contribution in [0.15, 0.2) is 0 Å². The van der Waals surface area contributed by atoms with Gasteiger partial charge in [-0.15, -0.1) is 0 Å². The highest BCUT2D eigenvalue weighted by Gasteiger charge is 2.14. The van der Waals surface area contributed by atoms with Gasteiger partial charge in [0, 0.05) is 19.3 Å². The first-order valence-corrected chi connectivity index (χ1v) is 15.8. The number of hydrogen-bond donors (Lipinski definition) is 0. The van der Waals surface area contributed by atoms with Gasteiger partial charge in [-0.2, -0.15) is 0 Å². The van der Waals surface area contributed by atoms with Crippen molar-refractivity contribution in [2.75, 3.05) is 0 Å². The van der Waals surface area contributed by atoms with Crippen molar-refractivity contribution in [1.29, 1.82) is 0 Å². The lowest BCUT2D eigenvalue weighted by Gasteiger charge is -2.18. The number of rotatable bonds is 28. The molecule has 0 aliphatic rings. The quantitative estimate of drug-likeness (QED) is 0.0802. The molecular formula is C32H62O3. The number of esters is 1. The Bertz CT molecular complexity index is 444. The molecule has 0 unspecified atom stereocenters. The molecule has 35 heavy (non-hydrogen) atoms. The highest BCUT2D eigenvalue weighted by Crippen LogP contribution is 2.18. The van der Waals surface area contributed by atoms with E-state index in [2.05, 4.69) is 20.8 Å². The molecule has 0 radical (unpaired) electrons. The van der Waals surface area contributed by atoms with E-state index in [1.807, 2.05) is 0 Å². The molecule has 0 aliphatic heterocycles. The van der Waals surface area contributed by atoms with Gasteiger partial charge < -0.3 is 4.74 Å². The summed E-state index contributed by atoms with van der Waals surface area (Å²) < 4.78 is 5.93. The zero-order chi connectivity index (χ0) is 25.8. The van der Waals surface area contributed by atoms with Crippen molar-refractivity contribution < 1.29 is 14.3 Å². The molecule has 0 amide bonds. The van der Waals surface area contributed by atoms with E-state index in [0.29, 0.717) is 12.2 Å². The monoisotopic (exact) mass is 494 g/mol. The predicted octanol–water partition coefficient (Wildman–Crippen LogP) is 10.7. The van der Waals surface area contributed by atoms with Crippen molar-refractivity contribution in [2.24, 2.45) is 0 Å². The van der Waals surface area contributed by atoms with Gasteiger partial charge in [0.05, 0.1) is 0 Å². The minimum atomic E-state index is -0.00452. The van der Waals surface area contributed by atoms with Crippen molar-refractivity contribution in [3.05, 3.63) is 0 Å². The van der Waals surface area contributed by atoms with Crippen molar-refractivity contribution in [3.8, 4) is 0 Å². The van der Waals surface area contributed by atoms with Crippen molar-refractivity contribution in [2.45, 2.75) is 194 Å². The number of hydrogen-bond acceptors (Lipinski definition) is 3. The molecule has 0 bridgehead atoms. The van der Waals surface area contributed by atoms with Crippen LogP contribution in [0.2, 0.25) is 0 Å². The molecule has 0 atom stereocenters. The van der Waals surface area contributed by atoms with Gasteiger partial charge in [-0.1, -0.05) is 124 Å². The van der Waals surface area contributed by atoms with Crippen LogP contribution in [0.25, 0.3) is 0 Å². The molecule has 3 nitrogen and oxygen atoms in total. The van der Waals surface area contributed by atoms with Gasteiger partial charge in [-0.3, -0.25) is 9.59 Å². The average molecular weight is 495 g/mol. The maximum absolute atomic E-state index is 12.5. The summed E-state index contributed by atoms with van der Waals surface area (Å²) in [4.78, 5) is 24.4. The number of ketones is 1. The molecule has 0 rings (SSSR count). The molecule has 0 saturated carbocycles. The first-order chi connectivity index (χ1) is 17.1. The number of unbranched alkanes of at least 4 members (excludes halogenated alkanes) is 17. The van der Waals surface area contributed by atoms with Crippen molar-refractivity contribution >= 4 is 11.8 Å². The highest BCUT2D eigenvalue weighted by molar-refractivity contribution is 5.78. The summed E-state index contributed by atoms with van der Waals surface area (Å²) in [6, 6.07) is 0. The third kappa shape index (κ3) is 26.0. The van der Waals surface area contributed by atoms with Crippen molar-refractivity contribution in [3.63, 3.8) is 0 Å². The van der Waals surface area contributed by atoms with Gasteiger partial charge in [0.15, 0.2) is 0 Å². The minimum absolute atomic E-state index is 0.00452. The lowest BCUT2D eigenvalue weighted by molar-refractivity contribution is -0.150. The minimum Gasteiger partial charge on any atom is -0.462 e. The van der Waals surface area contributed by atoms with E-state index in [1.165, 1.54) is 103 Å². The van der Waals surface area contributed by atoms with Gasteiger partial charge in [-0.25, -0.2) is 0 Å². The summed E-state index contributed by atoms with van der Waals surface area (Å²) in [5, 5.41) is 0. The summed E-state index contributed by atoms with van der Waals surface area (Å²) >= 11 is 0. The van der Waals surface area contributed by atoms with Crippen LogP contribution in [0.1, 0.15) is 188 Å². The standard InChI is InChI=1S/C32H62O3/c1-4-7-10-13-16-22-27-31(28-23-17-14-11-8-5-2)35-32(34)29-24-19-18-21-26-30(33)25-20-15-12-9-6-3/h31H,4-29H2,1-3H3. The number of ether oxygens (including phenoxy) is 1. The Labute approximate surface area is 219 Å². The Morgan fingerprint density at radius 2 is 0.800 bits per heavy atom. The Morgan fingerprint density at radius 1 is 0.457 bits per heavy atom. The maximum atomic E-state index is 12.5. The first-order valence-electron chi connectivity index (χ1n) is 15.8. The normalized spacial score (nSPS) is 11.3. The summed E-state index contributed by atoms with van der Waals surface area (Å²) in [6.07, 6.45) is 29.6. The molecule has 0 N–H and O–H groups in total. The van der Waals surface area contributed by atoms with Gasteiger partial charge >= 0.3 is 5.97 Å². The first kappa shape index (κ1) is 34.1. The lowest BCUT2D eigenvalue weighted by atomic mass is 10.0. The predicted molar refractivity (Wildman–Crippen MR) is 152 cm³/mol. The third-order valence-electron chi connectivity index (χ3n) is 7.20. The fourth-order valence-electron chi connectivity index (χ4n) is 4.81. The van der Waals surface area contributed by atoms with Crippen LogP contribution < -0.4 is 0 Å². The van der Waals surface area contributed by atoms with Crippen LogP contribution in [0, 0.1) is 0 Å². The lowest BCUT2D eigenvalue weighted by Crippen LogP contribution is -2.18. The Balaban J connectivity index is 3.96. The molecular weight excluding hydrogens is 432 g/mol. The second kappa shape index (κ2) is 27.7. The maximum Gasteiger partial charge on any atom is 0.306 e. The number of carbonyl (C=O) groups is 2. The zero-order valence-corrected chi connectivity index (χ0v) is 24.2. The fourth-order valence-corrected chi connectivity index (χ4v) is 4.81. The third-order valence-corrected chi connectivity index (χ3v) is 7.20. The second-order valence-electron chi connectivity index (χ2n) is 10.8. The fraction of sp³-hybridized carbons (Fsp3) is 0.938. The summed E-state index contributed by atoms with van der Waals surface area (Å²) in [5.74, 6) is 0.420. The van der Waals surface area contributed by atoms with Crippen LogP contribution in [0.5, 0.6) is 0 Å². The summed E-state index contributed by atoms with van der Waals surface area (Å²) in [5.41, 5.74) is 0. The van der Waals surface area contributed by atoms with E-state index in [9.17, 15) is 9.59 Å². The van der Waals surface area contributed by atoms with Crippen LogP contribution >= 0.6 is 0 Å². The average Bonchev–Trinajstić information content (AvgIpc) is 2.85. The van der Waals surface area contributed by atoms with Crippen LogP contribution in [-0.4, -0.2) is 17.9 Å². The van der Waals surface area contributed by atoms with Gasteiger partial charge in [-0.05, 0) is 44.9 Å². The molecule has 0 aliphatic carbocycles.